The van der Waals surface area contributed by atoms with Gasteiger partial charge >= 0.3 is 20.4 Å². The Morgan fingerprint density at radius 2 is 0.818 bits per heavy atom. The van der Waals surface area contributed by atoms with E-state index in [9.17, 15) is 0 Å². The van der Waals surface area contributed by atoms with E-state index in [2.05, 4.69) is 0 Å². The summed E-state index contributed by atoms with van der Waals surface area (Å²) in [6.45, 7) is 7.69. The van der Waals surface area contributed by atoms with E-state index < -0.39 is 0 Å². The third-order valence-electron chi connectivity index (χ3n) is 1.66. The third kappa shape index (κ3) is 9.46. The van der Waals surface area contributed by atoms with Gasteiger partial charge in [0.15, 0.2) is 0 Å². The first-order valence-corrected chi connectivity index (χ1v) is 2.83. The van der Waals surface area contributed by atoms with Gasteiger partial charge in [-0.3, -0.25) is 0 Å². The predicted molar refractivity (Wildman–Crippen MR) is 36.5 cm³/mol. The van der Waals surface area contributed by atoms with E-state index in [0.29, 0.717) is 0 Å². The second-order valence-corrected chi connectivity index (χ2v) is 3.44. The molecule has 2 nitrogen and oxygen atoms in total. The topological polar surface area (TPSA) is 52.0 Å². The van der Waals surface area contributed by atoms with E-state index in [4.69, 9.17) is 11.5 Å². The summed E-state index contributed by atoms with van der Waals surface area (Å²) in [6, 6.07) is 0. The van der Waals surface area contributed by atoms with Crippen molar-refractivity contribution in [1.29, 1.82) is 0 Å². The fourth-order valence-electron chi connectivity index (χ4n) is 0. The predicted octanol–water partition coefficient (Wildman–Crippen LogP) is -5.53. The van der Waals surface area contributed by atoms with Crippen molar-refractivity contribution < 1.29 is 54.4 Å². The van der Waals surface area contributed by atoms with Crippen molar-refractivity contribution in [3.05, 3.63) is 0 Å². The average Bonchev–Trinajstić information content (AvgIpc) is 1.25. The smallest absolute Gasteiger partial charge is 1.00 e. The van der Waals surface area contributed by atoms with E-state index in [1.54, 1.807) is 0 Å². The van der Waals surface area contributed by atoms with Gasteiger partial charge in [-0.1, -0.05) is 0 Å². The third-order valence-corrected chi connectivity index (χ3v) is 1.66. The molecule has 5 heteroatoms. The van der Waals surface area contributed by atoms with Crippen molar-refractivity contribution in [2.24, 2.45) is 11.5 Å². The molecule has 0 saturated heterocycles. The normalized spacial score (nSPS) is 10.4. The van der Waals surface area contributed by atoms with Gasteiger partial charge in [-0.25, -0.2) is 0 Å². The monoisotopic (exact) mass is 380 g/mol. The minimum Gasteiger partial charge on any atom is -1.00 e. The molecule has 0 amide bonds. The average molecular weight is 382 g/mol. The van der Waals surface area contributed by atoms with Crippen LogP contribution in [0.4, 0.5) is 0 Å². The van der Waals surface area contributed by atoms with Crippen molar-refractivity contribution in [2.75, 3.05) is 0 Å². The molecule has 0 aromatic carbocycles. The van der Waals surface area contributed by atoms with Gasteiger partial charge in [0, 0.05) is 11.1 Å². The number of halogens is 2. The molecule has 0 saturated carbocycles. The maximum Gasteiger partial charge on any atom is 2.00 e. The number of hydrogen-bond acceptors (Lipinski definition) is 2. The van der Waals surface area contributed by atoms with E-state index in [1.165, 1.54) is 0 Å². The Balaban J connectivity index is -0.0000000817. The minimum absolute atomic E-state index is 0. The van der Waals surface area contributed by atoms with Crippen LogP contribution in [0.25, 0.3) is 0 Å². The van der Waals surface area contributed by atoms with Crippen LogP contribution in [0.2, 0.25) is 0 Å². The molecule has 0 aliphatic carbocycles. The molecule has 4 N–H and O–H groups in total. The zero-order valence-electron chi connectivity index (χ0n) is 7.23. The van der Waals surface area contributed by atoms with Crippen LogP contribution in [0.3, 0.4) is 0 Å². The van der Waals surface area contributed by atoms with E-state index in [1.807, 2.05) is 27.7 Å². The molecule has 0 rings (SSSR count). The zero-order valence-corrected chi connectivity index (χ0v) is 12.0. The Labute approximate surface area is 104 Å². The summed E-state index contributed by atoms with van der Waals surface area (Å²) in [5.41, 5.74) is 10.8. The molecular weight excluding hydrogens is 366 g/mol. The van der Waals surface area contributed by atoms with Crippen molar-refractivity contribution >= 4 is 0 Å². The van der Waals surface area contributed by atoms with Crippen LogP contribution in [0, 0.1) is 0 Å². The van der Waals surface area contributed by atoms with Crippen LogP contribution in [0.5, 0.6) is 0 Å². The summed E-state index contributed by atoms with van der Waals surface area (Å²) in [5, 5.41) is 0. The summed E-state index contributed by atoms with van der Waals surface area (Å²) in [7, 11) is 0. The Hall–Kier alpha value is 1.54. The van der Waals surface area contributed by atoms with Crippen LogP contribution < -0.4 is 45.4 Å². The molecule has 0 aliphatic rings. The Kier molecular flexibility index (Phi) is 14.6. The van der Waals surface area contributed by atoms with E-state index in [-0.39, 0.29) is 65.5 Å². The standard InChI is InChI=1S/C6H16N2.2BrH.Pd/c1-5(2,7)6(3,4)8;;;/h7-8H2,1-4H3;2*1H;/q;;;+2/p-2. The van der Waals surface area contributed by atoms with Gasteiger partial charge in [0.2, 0.25) is 0 Å². The van der Waals surface area contributed by atoms with Crippen LogP contribution in [0.1, 0.15) is 27.7 Å². The van der Waals surface area contributed by atoms with Crippen molar-refractivity contribution in [3.63, 3.8) is 0 Å². The second kappa shape index (κ2) is 6.99. The van der Waals surface area contributed by atoms with Crippen molar-refractivity contribution in [2.45, 2.75) is 38.8 Å². The first-order valence-electron chi connectivity index (χ1n) is 2.83. The number of hydrogen-bond donors (Lipinski definition) is 2. The molecule has 0 radical (unpaired) electrons. The molecule has 0 bridgehead atoms. The minimum atomic E-state index is -0.285. The molecule has 0 aromatic heterocycles. The van der Waals surface area contributed by atoms with Gasteiger partial charge in [-0.05, 0) is 27.7 Å². The first kappa shape index (κ1) is 22.9. The maximum atomic E-state index is 5.69. The van der Waals surface area contributed by atoms with Gasteiger partial charge in [0.1, 0.15) is 0 Å². The van der Waals surface area contributed by atoms with Crippen LogP contribution in [-0.4, -0.2) is 11.1 Å². The summed E-state index contributed by atoms with van der Waals surface area (Å²) in [5.74, 6) is 0. The van der Waals surface area contributed by atoms with E-state index in [0.717, 1.165) is 0 Å². The molecule has 11 heavy (non-hydrogen) atoms. The van der Waals surface area contributed by atoms with Gasteiger partial charge in [0.25, 0.3) is 0 Å². The SMILES string of the molecule is CC(C)(N)C(C)(C)N.[Br-].[Br-].[Pd+2]. The summed E-state index contributed by atoms with van der Waals surface area (Å²) in [4.78, 5) is 0. The van der Waals surface area contributed by atoms with E-state index >= 15 is 0 Å². The van der Waals surface area contributed by atoms with Crippen LogP contribution in [-0.2, 0) is 20.4 Å². The van der Waals surface area contributed by atoms with Crippen LogP contribution in [0.15, 0.2) is 0 Å². The first-order chi connectivity index (χ1) is 3.25. The largest absolute Gasteiger partial charge is 2.00 e. The Bertz CT molecular complexity index is 73.6. The van der Waals surface area contributed by atoms with Crippen molar-refractivity contribution in [1.82, 2.24) is 0 Å². The van der Waals surface area contributed by atoms with Gasteiger partial charge in [0.05, 0.1) is 0 Å². The molecule has 0 heterocycles. The molecular formula is C6H16Br2N2Pd. The van der Waals surface area contributed by atoms with Gasteiger partial charge in [-0.2, -0.15) is 0 Å². The molecule has 0 unspecified atom stereocenters. The summed E-state index contributed by atoms with van der Waals surface area (Å²) < 4.78 is 0. The second-order valence-electron chi connectivity index (χ2n) is 3.44. The molecule has 0 fully saturated rings. The zero-order chi connectivity index (χ0) is 7.00. The molecule has 0 atom stereocenters. The molecule has 0 spiro atoms. The summed E-state index contributed by atoms with van der Waals surface area (Å²) >= 11 is 0. The molecule has 0 aromatic rings. The number of nitrogens with two attached hydrogens (primary N) is 2. The summed E-state index contributed by atoms with van der Waals surface area (Å²) in [6.07, 6.45) is 0. The van der Waals surface area contributed by atoms with Gasteiger partial charge in [-0.15, -0.1) is 0 Å². The maximum absolute atomic E-state index is 5.69. The quantitative estimate of drug-likeness (QED) is 0.445. The van der Waals surface area contributed by atoms with Gasteiger partial charge < -0.3 is 45.4 Å². The Morgan fingerprint density at radius 3 is 0.818 bits per heavy atom. The molecule has 0 aliphatic heterocycles. The number of rotatable bonds is 1. The van der Waals surface area contributed by atoms with Crippen molar-refractivity contribution in [3.8, 4) is 0 Å². The Morgan fingerprint density at radius 1 is 0.727 bits per heavy atom. The van der Waals surface area contributed by atoms with Crippen LogP contribution >= 0.6 is 0 Å². The fourth-order valence-corrected chi connectivity index (χ4v) is 0. The fraction of sp³-hybridized carbons (Fsp3) is 1.00. The molecule has 74 valence electrons.